The fraction of sp³-hybridized carbons (Fsp3) is 0.227. The van der Waals surface area contributed by atoms with Crippen LogP contribution in [0.1, 0.15) is 36.7 Å². The van der Waals surface area contributed by atoms with Gasteiger partial charge in [-0.3, -0.25) is 0 Å². The van der Waals surface area contributed by atoms with E-state index >= 15 is 0 Å². The first-order valence-electron chi connectivity index (χ1n) is 8.45. The number of halogens is 1. The molecule has 3 aromatic rings. The predicted octanol–water partition coefficient (Wildman–Crippen LogP) is 5.98. The minimum atomic E-state index is -0.548. The number of rotatable bonds is 4. The molecule has 0 saturated carbocycles. The van der Waals surface area contributed by atoms with Crippen LogP contribution in [0, 0.1) is 3.57 Å². The largest absolute Gasteiger partial charge is 0.488 e. The van der Waals surface area contributed by atoms with E-state index in [1.54, 1.807) is 6.07 Å². The number of fused-ring (bicyclic) bond motifs is 1. The fourth-order valence-corrected chi connectivity index (χ4v) is 3.10. The number of ether oxygens (including phenoxy) is 2. The van der Waals surface area contributed by atoms with Crippen LogP contribution in [0.2, 0.25) is 0 Å². The molecule has 0 unspecified atom stereocenters. The molecule has 3 aromatic carbocycles. The standard InChI is InChI=1S/C22H21IO3/c1-22(2,3)26-21(24)19-13-18(23)10-11-20(19)25-14-15-8-9-16-6-4-5-7-17(16)12-15/h4-13H,14H2,1-3H3. The summed E-state index contributed by atoms with van der Waals surface area (Å²) in [4.78, 5) is 12.5. The molecule has 0 spiro atoms. The Hall–Kier alpha value is -2.08. The second-order valence-electron chi connectivity index (χ2n) is 7.11. The summed E-state index contributed by atoms with van der Waals surface area (Å²) in [6, 6.07) is 20.0. The summed E-state index contributed by atoms with van der Waals surface area (Å²) in [5.41, 5.74) is 0.957. The van der Waals surface area contributed by atoms with Gasteiger partial charge in [0.25, 0.3) is 0 Å². The molecule has 0 bridgehead atoms. The Balaban J connectivity index is 1.81. The highest BCUT2D eigenvalue weighted by Gasteiger charge is 2.21. The minimum absolute atomic E-state index is 0.371. The summed E-state index contributed by atoms with van der Waals surface area (Å²) in [5.74, 6) is 0.164. The van der Waals surface area contributed by atoms with Crippen LogP contribution in [0.3, 0.4) is 0 Å². The van der Waals surface area contributed by atoms with Gasteiger partial charge in [0.1, 0.15) is 23.5 Å². The molecule has 0 fully saturated rings. The summed E-state index contributed by atoms with van der Waals surface area (Å²) in [6.07, 6.45) is 0. The summed E-state index contributed by atoms with van der Waals surface area (Å²) in [6.45, 7) is 5.96. The minimum Gasteiger partial charge on any atom is -0.488 e. The smallest absolute Gasteiger partial charge is 0.342 e. The molecule has 3 nitrogen and oxygen atoms in total. The Morgan fingerprint density at radius 1 is 0.962 bits per heavy atom. The van der Waals surface area contributed by atoms with Gasteiger partial charge in [-0.25, -0.2) is 4.79 Å². The zero-order valence-electron chi connectivity index (χ0n) is 15.1. The van der Waals surface area contributed by atoms with Crippen molar-refractivity contribution in [1.82, 2.24) is 0 Å². The lowest BCUT2D eigenvalue weighted by atomic mass is 10.1. The highest BCUT2D eigenvalue weighted by Crippen LogP contribution is 2.25. The molecule has 0 amide bonds. The lowest BCUT2D eigenvalue weighted by Gasteiger charge is -2.20. The molecule has 0 aliphatic heterocycles. The van der Waals surface area contributed by atoms with Crippen molar-refractivity contribution < 1.29 is 14.3 Å². The van der Waals surface area contributed by atoms with Crippen molar-refractivity contribution in [3.8, 4) is 5.75 Å². The second-order valence-corrected chi connectivity index (χ2v) is 8.36. The van der Waals surface area contributed by atoms with Crippen LogP contribution in [-0.4, -0.2) is 11.6 Å². The lowest BCUT2D eigenvalue weighted by Crippen LogP contribution is -2.24. The maximum Gasteiger partial charge on any atom is 0.342 e. The highest BCUT2D eigenvalue weighted by molar-refractivity contribution is 14.1. The topological polar surface area (TPSA) is 35.5 Å². The summed E-state index contributed by atoms with van der Waals surface area (Å²) < 4.78 is 12.4. The quantitative estimate of drug-likeness (QED) is 0.355. The van der Waals surface area contributed by atoms with E-state index in [4.69, 9.17) is 9.47 Å². The number of hydrogen-bond donors (Lipinski definition) is 0. The van der Waals surface area contributed by atoms with Crippen molar-refractivity contribution in [2.24, 2.45) is 0 Å². The van der Waals surface area contributed by atoms with Gasteiger partial charge in [-0.15, -0.1) is 0 Å². The normalized spacial score (nSPS) is 11.4. The molecule has 0 saturated heterocycles. The van der Waals surface area contributed by atoms with Crippen molar-refractivity contribution in [3.63, 3.8) is 0 Å². The third kappa shape index (κ3) is 4.75. The second kappa shape index (κ2) is 7.66. The number of carbonyl (C=O) groups excluding carboxylic acids is 1. The average molecular weight is 460 g/mol. The first-order chi connectivity index (χ1) is 12.3. The number of esters is 1. The lowest BCUT2D eigenvalue weighted by molar-refractivity contribution is 0.00654. The van der Waals surface area contributed by atoms with E-state index in [0.717, 1.165) is 9.13 Å². The third-order valence-electron chi connectivity index (χ3n) is 3.77. The molecule has 0 aliphatic rings. The highest BCUT2D eigenvalue weighted by atomic mass is 127. The summed E-state index contributed by atoms with van der Waals surface area (Å²) in [5, 5.41) is 2.36. The van der Waals surface area contributed by atoms with Crippen LogP contribution in [0.25, 0.3) is 10.8 Å². The van der Waals surface area contributed by atoms with Gasteiger partial charge in [0.2, 0.25) is 0 Å². The first-order valence-corrected chi connectivity index (χ1v) is 9.53. The molecule has 0 aliphatic carbocycles. The van der Waals surface area contributed by atoms with E-state index in [-0.39, 0.29) is 5.97 Å². The van der Waals surface area contributed by atoms with E-state index in [9.17, 15) is 4.79 Å². The van der Waals surface area contributed by atoms with E-state index in [1.807, 2.05) is 51.1 Å². The van der Waals surface area contributed by atoms with Gasteiger partial charge >= 0.3 is 5.97 Å². The van der Waals surface area contributed by atoms with Crippen LogP contribution in [0.4, 0.5) is 0 Å². The van der Waals surface area contributed by atoms with E-state index in [2.05, 4.69) is 46.9 Å². The fourth-order valence-electron chi connectivity index (χ4n) is 2.61. The van der Waals surface area contributed by atoms with E-state index in [0.29, 0.717) is 17.9 Å². The van der Waals surface area contributed by atoms with Gasteiger partial charge < -0.3 is 9.47 Å². The zero-order chi connectivity index (χ0) is 18.7. The van der Waals surface area contributed by atoms with Crippen LogP contribution in [0.5, 0.6) is 5.75 Å². The molecule has 26 heavy (non-hydrogen) atoms. The monoisotopic (exact) mass is 460 g/mol. The third-order valence-corrected chi connectivity index (χ3v) is 4.44. The first kappa shape index (κ1) is 18.7. The van der Waals surface area contributed by atoms with Crippen molar-refractivity contribution in [2.75, 3.05) is 0 Å². The van der Waals surface area contributed by atoms with Gasteiger partial charge in [0, 0.05) is 3.57 Å². The Kier molecular flexibility index (Phi) is 5.51. The van der Waals surface area contributed by atoms with Crippen LogP contribution in [0.15, 0.2) is 60.7 Å². The van der Waals surface area contributed by atoms with Gasteiger partial charge in [0.05, 0.1) is 0 Å². The van der Waals surface area contributed by atoms with Gasteiger partial charge in [-0.2, -0.15) is 0 Å². The molecule has 0 heterocycles. The zero-order valence-corrected chi connectivity index (χ0v) is 17.2. The number of benzene rings is 3. The average Bonchev–Trinajstić information content (AvgIpc) is 2.59. The van der Waals surface area contributed by atoms with Crippen molar-refractivity contribution in [1.29, 1.82) is 0 Å². The van der Waals surface area contributed by atoms with Gasteiger partial charge in [0.15, 0.2) is 0 Å². The number of carbonyl (C=O) groups is 1. The molecule has 134 valence electrons. The summed E-state index contributed by atoms with van der Waals surface area (Å²) in [7, 11) is 0. The molecule has 0 atom stereocenters. The summed E-state index contributed by atoms with van der Waals surface area (Å²) >= 11 is 2.18. The molecular formula is C22H21IO3. The van der Waals surface area contributed by atoms with Crippen molar-refractivity contribution in [3.05, 3.63) is 75.4 Å². The van der Waals surface area contributed by atoms with Crippen LogP contribution in [-0.2, 0) is 11.3 Å². The maximum absolute atomic E-state index is 12.5. The molecule has 0 N–H and O–H groups in total. The van der Waals surface area contributed by atoms with Gasteiger partial charge in [-0.1, -0.05) is 36.4 Å². The van der Waals surface area contributed by atoms with Crippen molar-refractivity contribution in [2.45, 2.75) is 33.0 Å². The Morgan fingerprint density at radius 3 is 2.42 bits per heavy atom. The molecule has 0 aromatic heterocycles. The van der Waals surface area contributed by atoms with Crippen LogP contribution >= 0.6 is 22.6 Å². The van der Waals surface area contributed by atoms with E-state index < -0.39 is 5.60 Å². The molecule has 3 rings (SSSR count). The molecule has 0 radical (unpaired) electrons. The van der Waals surface area contributed by atoms with E-state index in [1.165, 1.54) is 10.8 Å². The molecule has 4 heteroatoms. The van der Waals surface area contributed by atoms with Gasteiger partial charge in [-0.05, 0) is 84.0 Å². The SMILES string of the molecule is CC(C)(C)OC(=O)c1cc(I)ccc1OCc1ccc2ccccc2c1. The Bertz CT molecular complexity index is 942. The van der Waals surface area contributed by atoms with Crippen LogP contribution < -0.4 is 4.74 Å². The predicted molar refractivity (Wildman–Crippen MR) is 113 cm³/mol. The molecular weight excluding hydrogens is 439 g/mol. The van der Waals surface area contributed by atoms with Crippen molar-refractivity contribution >= 4 is 39.3 Å². The Labute approximate surface area is 167 Å². The maximum atomic E-state index is 12.5. The number of hydrogen-bond acceptors (Lipinski definition) is 3. The Morgan fingerprint density at radius 2 is 1.69 bits per heavy atom.